The first-order valence-corrected chi connectivity index (χ1v) is 4.01. The van der Waals surface area contributed by atoms with Crippen LogP contribution < -0.4 is 15.2 Å². The van der Waals surface area contributed by atoms with E-state index in [1.165, 1.54) is 0 Å². The topological polar surface area (TPSA) is 119 Å². The smallest absolute Gasteiger partial charge is 0.449 e. The molecular weight excluding hydrogens is 214 g/mol. The molecule has 0 aromatic carbocycles. The summed E-state index contributed by atoms with van der Waals surface area (Å²) in [5.74, 6) is -0.140. The first-order valence-electron chi connectivity index (χ1n) is 3.20. The molecule has 1 aromatic heterocycles. The van der Waals surface area contributed by atoms with Crippen molar-refractivity contribution in [2.75, 3.05) is 5.73 Å². The number of carbonyl (C=O) groups is 2. The molecule has 7 nitrogen and oxygen atoms in total. The van der Waals surface area contributed by atoms with Crippen molar-refractivity contribution in [3.05, 3.63) is 6.07 Å². The standard InChI is InChI=1S/C6H5NO6S/c7-4-2(12-5(8)9)1-3(14-4)13-6(10)11/h1H,7H2,(H,8,9)(H,10,11). The van der Waals surface area contributed by atoms with Crippen LogP contribution in [0.5, 0.6) is 10.8 Å². The highest BCUT2D eigenvalue weighted by atomic mass is 32.1. The van der Waals surface area contributed by atoms with Gasteiger partial charge in [-0.05, 0) is 0 Å². The Bertz CT molecular complexity index is 372. The van der Waals surface area contributed by atoms with Crippen LogP contribution in [0.4, 0.5) is 14.6 Å². The van der Waals surface area contributed by atoms with Gasteiger partial charge in [0.1, 0.15) is 5.00 Å². The Labute approximate surface area is 81.3 Å². The van der Waals surface area contributed by atoms with Crippen molar-refractivity contribution in [1.82, 2.24) is 0 Å². The van der Waals surface area contributed by atoms with Crippen molar-refractivity contribution in [2.24, 2.45) is 0 Å². The van der Waals surface area contributed by atoms with Gasteiger partial charge in [0, 0.05) is 6.07 Å². The molecule has 0 atom stereocenters. The summed E-state index contributed by atoms with van der Waals surface area (Å²) in [5.41, 5.74) is 5.32. The Morgan fingerprint density at radius 1 is 1.29 bits per heavy atom. The molecule has 0 aliphatic rings. The van der Waals surface area contributed by atoms with Crippen molar-refractivity contribution in [1.29, 1.82) is 0 Å². The molecule has 0 bridgehead atoms. The van der Waals surface area contributed by atoms with Gasteiger partial charge in [0.2, 0.25) is 0 Å². The molecule has 0 saturated heterocycles. The summed E-state index contributed by atoms with van der Waals surface area (Å²) in [4.78, 5) is 20.2. The van der Waals surface area contributed by atoms with E-state index in [1.807, 2.05) is 0 Å². The number of ether oxygens (including phenoxy) is 2. The molecule has 0 amide bonds. The van der Waals surface area contributed by atoms with Crippen LogP contribution in [0.3, 0.4) is 0 Å². The lowest BCUT2D eigenvalue weighted by Gasteiger charge is -1.94. The third-order valence-corrected chi connectivity index (χ3v) is 1.91. The molecular formula is C6H5NO6S. The van der Waals surface area contributed by atoms with Gasteiger partial charge in [0.05, 0.1) is 0 Å². The lowest BCUT2D eigenvalue weighted by Crippen LogP contribution is -2.03. The van der Waals surface area contributed by atoms with E-state index in [4.69, 9.17) is 15.9 Å². The number of thiophene rings is 1. The zero-order chi connectivity index (χ0) is 10.7. The van der Waals surface area contributed by atoms with Crippen molar-refractivity contribution in [3.8, 4) is 10.8 Å². The van der Waals surface area contributed by atoms with E-state index in [0.29, 0.717) is 0 Å². The number of hydrogen-bond donors (Lipinski definition) is 3. The molecule has 1 aromatic rings. The van der Waals surface area contributed by atoms with E-state index in [-0.39, 0.29) is 15.8 Å². The maximum Gasteiger partial charge on any atom is 0.512 e. The summed E-state index contributed by atoms with van der Waals surface area (Å²) in [7, 11) is 0. The van der Waals surface area contributed by atoms with Crippen LogP contribution in [0, 0.1) is 0 Å². The lowest BCUT2D eigenvalue weighted by atomic mass is 10.5. The second kappa shape index (κ2) is 3.83. The Balaban J connectivity index is 2.81. The molecule has 0 saturated carbocycles. The summed E-state index contributed by atoms with van der Waals surface area (Å²) in [6, 6.07) is 1.09. The number of nitrogen functional groups attached to an aromatic ring is 1. The maximum atomic E-state index is 10.1. The van der Waals surface area contributed by atoms with Crippen molar-refractivity contribution < 1.29 is 29.3 Å². The minimum Gasteiger partial charge on any atom is -0.449 e. The van der Waals surface area contributed by atoms with E-state index in [0.717, 1.165) is 17.4 Å². The van der Waals surface area contributed by atoms with Gasteiger partial charge in [-0.3, -0.25) is 0 Å². The fraction of sp³-hybridized carbons (Fsp3) is 0. The fourth-order valence-electron chi connectivity index (χ4n) is 0.676. The van der Waals surface area contributed by atoms with Crippen molar-refractivity contribution >= 4 is 28.6 Å². The zero-order valence-electron chi connectivity index (χ0n) is 6.59. The van der Waals surface area contributed by atoms with Crippen LogP contribution in [-0.2, 0) is 0 Å². The van der Waals surface area contributed by atoms with Gasteiger partial charge in [-0.15, -0.1) is 0 Å². The molecule has 4 N–H and O–H groups in total. The average Bonchev–Trinajstić information content (AvgIpc) is 2.28. The highest BCUT2D eigenvalue weighted by Gasteiger charge is 2.13. The predicted molar refractivity (Wildman–Crippen MR) is 46.0 cm³/mol. The first-order chi connectivity index (χ1) is 6.49. The number of rotatable bonds is 2. The van der Waals surface area contributed by atoms with Crippen molar-refractivity contribution in [2.45, 2.75) is 0 Å². The van der Waals surface area contributed by atoms with Crippen LogP contribution in [0.25, 0.3) is 0 Å². The highest BCUT2D eigenvalue weighted by Crippen LogP contribution is 2.37. The van der Waals surface area contributed by atoms with Gasteiger partial charge in [-0.25, -0.2) is 9.59 Å². The summed E-state index contributed by atoms with van der Waals surface area (Å²) < 4.78 is 8.48. The maximum absolute atomic E-state index is 10.1. The number of nitrogens with two attached hydrogens (primary N) is 1. The van der Waals surface area contributed by atoms with Gasteiger partial charge in [0.25, 0.3) is 0 Å². The fourth-order valence-corrected chi connectivity index (χ4v) is 1.37. The Morgan fingerprint density at radius 2 is 1.86 bits per heavy atom. The second-order valence-corrected chi connectivity index (χ2v) is 3.08. The molecule has 0 aliphatic carbocycles. The molecule has 14 heavy (non-hydrogen) atoms. The Hall–Kier alpha value is -1.96. The first kappa shape index (κ1) is 10.1. The third kappa shape index (κ3) is 2.52. The van der Waals surface area contributed by atoms with E-state index < -0.39 is 12.3 Å². The molecule has 76 valence electrons. The van der Waals surface area contributed by atoms with E-state index >= 15 is 0 Å². The second-order valence-electron chi connectivity index (χ2n) is 2.03. The Kier molecular flexibility index (Phi) is 2.77. The van der Waals surface area contributed by atoms with Gasteiger partial charge in [0.15, 0.2) is 10.8 Å². The van der Waals surface area contributed by atoms with Crippen LogP contribution in [-0.4, -0.2) is 22.5 Å². The molecule has 0 radical (unpaired) electrons. The highest BCUT2D eigenvalue weighted by molar-refractivity contribution is 7.18. The van der Waals surface area contributed by atoms with E-state index in [1.54, 1.807) is 0 Å². The Morgan fingerprint density at radius 3 is 2.36 bits per heavy atom. The van der Waals surface area contributed by atoms with E-state index in [9.17, 15) is 9.59 Å². The SMILES string of the molecule is Nc1sc(OC(=O)O)cc1OC(=O)O. The van der Waals surface area contributed by atoms with Crippen LogP contribution >= 0.6 is 11.3 Å². The summed E-state index contributed by atoms with van der Waals surface area (Å²) in [6.45, 7) is 0. The largest absolute Gasteiger partial charge is 0.512 e. The summed E-state index contributed by atoms with van der Waals surface area (Å²) >= 11 is 0.771. The van der Waals surface area contributed by atoms with Gasteiger partial charge < -0.3 is 25.4 Å². The molecule has 0 unspecified atom stereocenters. The average molecular weight is 219 g/mol. The van der Waals surface area contributed by atoms with Crippen LogP contribution in [0.1, 0.15) is 0 Å². The van der Waals surface area contributed by atoms with Gasteiger partial charge >= 0.3 is 12.3 Å². The molecule has 8 heteroatoms. The number of anilines is 1. The predicted octanol–water partition coefficient (Wildman–Crippen LogP) is 1.44. The summed E-state index contributed by atoms with van der Waals surface area (Å²) in [5, 5.41) is 16.5. The number of hydrogen-bond acceptors (Lipinski definition) is 6. The lowest BCUT2D eigenvalue weighted by molar-refractivity contribution is 0.144. The van der Waals surface area contributed by atoms with Crippen LogP contribution in [0.2, 0.25) is 0 Å². The van der Waals surface area contributed by atoms with Crippen molar-refractivity contribution in [3.63, 3.8) is 0 Å². The zero-order valence-corrected chi connectivity index (χ0v) is 7.41. The van der Waals surface area contributed by atoms with Crippen LogP contribution in [0.15, 0.2) is 6.07 Å². The molecule has 0 fully saturated rings. The molecule has 1 rings (SSSR count). The summed E-state index contributed by atoms with van der Waals surface area (Å²) in [6.07, 6.45) is -3.04. The minimum absolute atomic E-state index is 0.0312. The third-order valence-electron chi connectivity index (χ3n) is 1.09. The molecule has 0 aliphatic heterocycles. The normalized spacial score (nSPS) is 9.43. The number of carboxylic acid groups (broad SMARTS) is 2. The van der Waals surface area contributed by atoms with Gasteiger partial charge in [-0.2, -0.15) is 0 Å². The van der Waals surface area contributed by atoms with E-state index in [2.05, 4.69) is 9.47 Å². The quantitative estimate of drug-likeness (QED) is 0.643. The van der Waals surface area contributed by atoms with Gasteiger partial charge in [-0.1, -0.05) is 11.3 Å². The minimum atomic E-state index is -1.53. The molecule has 1 heterocycles. The molecule has 0 spiro atoms. The monoisotopic (exact) mass is 219 g/mol.